The Hall–Kier alpha value is -0.630. The minimum atomic E-state index is -0.124. The van der Waals surface area contributed by atoms with Crippen molar-refractivity contribution in [1.82, 2.24) is 0 Å². The molecular weight excluding hydrogens is 140 g/mol. The minimum Gasteiger partial charge on any atom is -0.374 e. The van der Waals surface area contributed by atoms with Gasteiger partial charge in [-0.05, 0) is 25.0 Å². The van der Waals surface area contributed by atoms with Gasteiger partial charge >= 0.3 is 0 Å². The van der Waals surface area contributed by atoms with Crippen LogP contribution in [-0.2, 0) is 9.53 Å². The van der Waals surface area contributed by atoms with E-state index in [0.29, 0.717) is 0 Å². The Morgan fingerprint density at radius 3 is 2.45 bits per heavy atom. The number of hydrogen-bond donors (Lipinski definition) is 0. The van der Waals surface area contributed by atoms with Crippen LogP contribution in [0.15, 0.2) is 12.2 Å². The van der Waals surface area contributed by atoms with Crippen LogP contribution in [0.25, 0.3) is 0 Å². The van der Waals surface area contributed by atoms with Crippen molar-refractivity contribution in [2.75, 3.05) is 7.11 Å². The number of methoxy groups -OCH3 is 1. The molecule has 0 unspecified atom stereocenters. The number of carbonyl (C=O) groups excluding carboxylic acids is 1. The Kier molecular flexibility index (Phi) is 2.83. The summed E-state index contributed by atoms with van der Waals surface area (Å²) in [6.07, 6.45) is 8.73. The molecule has 0 amide bonds. The number of carbonyl (C=O) groups is 1. The molecule has 0 aromatic rings. The fourth-order valence-electron chi connectivity index (χ4n) is 1.63. The summed E-state index contributed by atoms with van der Waals surface area (Å²) in [5.74, 6) is 0. The second kappa shape index (κ2) is 3.67. The highest BCUT2D eigenvalue weighted by Gasteiger charge is 2.30. The van der Waals surface area contributed by atoms with Gasteiger partial charge in [-0.15, -0.1) is 0 Å². The van der Waals surface area contributed by atoms with Gasteiger partial charge in [0, 0.05) is 7.11 Å². The first kappa shape index (κ1) is 8.47. The first-order valence-corrected chi connectivity index (χ1v) is 4.01. The molecule has 1 aliphatic rings. The van der Waals surface area contributed by atoms with Crippen molar-refractivity contribution in [1.29, 1.82) is 0 Å². The van der Waals surface area contributed by atoms with Crippen molar-refractivity contribution in [2.24, 2.45) is 0 Å². The molecule has 0 bridgehead atoms. The quantitative estimate of drug-likeness (QED) is 0.457. The van der Waals surface area contributed by atoms with Gasteiger partial charge in [-0.25, -0.2) is 0 Å². The summed E-state index contributed by atoms with van der Waals surface area (Å²) in [7, 11) is 1.71. The maximum atomic E-state index is 10.1. The largest absolute Gasteiger partial charge is 0.374 e. The third-order valence-electron chi connectivity index (χ3n) is 2.33. The molecule has 1 fully saturated rings. The lowest BCUT2D eigenvalue weighted by Gasteiger charge is -2.22. The van der Waals surface area contributed by atoms with Gasteiger partial charge in [0.2, 0.25) is 0 Å². The van der Waals surface area contributed by atoms with Crippen LogP contribution < -0.4 is 0 Å². The number of ether oxygens (including phenoxy) is 1. The second-order valence-electron chi connectivity index (χ2n) is 2.97. The maximum absolute atomic E-state index is 10.1. The highest BCUT2D eigenvalue weighted by Crippen LogP contribution is 2.33. The highest BCUT2D eigenvalue weighted by atomic mass is 16.5. The number of allylic oxidation sites excluding steroid dienone is 1. The Labute approximate surface area is 67.2 Å². The zero-order chi connectivity index (χ0) is 8.16. The van der Waals surface area contributed by atoms with Crippen molar-refractivity contribution >= 4 is 6.29 Å². The minimum absolute atomic E-state index is 0.124. The summed E-state index contributed by atoms with van der Waals surface area (Å²) < 4.78 is 5.36. The molecule has 1 rings (SSSR count). The van der Waals surface area contributed by atoms with E-state index in [1.165, 1.54) is 18.9 Å². The van der Waals surface area contributed by atoms with Crippen molar-refractivity contribution in [2.45, 2.75) is 31.3 Å². The van der Waals surface area contributed by atoms with Gasteiger partial charge in [-0.3, -0.25) is 4.79 Å². The molecule has 2 nitrogen and oxygen atoms in total. The Balaban J connectivity index is 2.58. The highest BCUT2D eigenvalue weighted by molar-refractivity contribution is 5.65. The first-order chi connectivity index (χ1) is 5.33. The predicted molar refractivity (Wildman–Crippen MR) is 43.4 cm³/mol. The zero-order valence-electron chi connectivity index (χ0n) is 6.88. The van der Waals surface area contributed by atoms with Crippen LogP contribution in [0.5, 0.6) is 0 Å². The Morgan fingerprint density at radius 1 is 1.36 bits per heavy atom. The molecule has 0 N–H and O–H groups in total. The molecule has 11 heavy (non-hydrogen) atoms. The Morgan fingerprint density at radius 2 is 2.00 bits per heavy atom. The molecule has 0 aromatic heterocycles. The summed E-state index contributed by atoms with van der Waals surface area (Å²) in [4.78, 5) is 10.1. The fourth-order valence-corrected chi connectivity index (χ4v) is 1.63. The van der Waals surface area contributed by atoms with E-state index in [9.17, 15) is 4.79 Å². The molecule has 2 heteroatoms. The van der Waals surface area contributed by atoms with E-state index in [0.717, 1.165) is 19.1 Å². The number of hydrogen-bond acceptors (Lipinski definition) is 2. The van der Waals surface area contributed by atoms with Crippen molar-refractivity contribution < 1.29 is 9.53 Å². The van der Waals surface area contributed by atoms with Crippen molar-refractivity contribution in [3.8, 4) is 0 Å². The molecule has 0 atom stereocenters. The summed E-state index contributed by atoms with van der Waals surface area (Å²) >= 11 is 0. The molecule has 0 heterocycles. The molecule has 1 saturated carbocycles. The van der Waals surface area contributed by atoms with E-state index in [1.54, 1.807) is 7.11 Å². The third kappa shape index (κ3) is 1.90. The normalized spacial score (nSPS) is 22.6. The fraction of sp³-hybridized carbons (Fsp3) is 0.667. The Bertz CT molecular complexity index is 155. The molecule has 0 aliphatic heterocycles. The summed E-state index contributed by atoms with van der Waals surface area (Å²) in [6.45, 7) is 0. The average molecular weight is 154 g/mol. The monoisotopic (exact) mass is 154 g/mol. The lowest BCUT2D eigenvalue weighted by molar-refractivity contribution is -0.104. The lowest BCUT2D eigenvalue weighted by Crippen LogP contribution is -2.23. The van der Waals surface area contributed by atoms with Crippen LogP contribution in [0, 0.1) is 0 Å². The zero-order valence-corrected chi connectivity index (χ0v) is 6.88. The lowest BCUT2D eigenvalue weighted by atomic mass is 10.0. The van der Waals surface area contributed by atoms with E-state index in [2.05, 4.69) is 0 Å². The van der Waals surface area contributed by atoms with Crippen LogP contribution in [-0.4, -0.2) is 19.0 Å². The SMILES string of the molecule is COC1(/C=C/C=O)CCCC1. The molecular formula is C9H14O2. The van der Waals surface area contributed by atoms with E-state index in [1.807, 2.05) is 6.08 Å². The topological polar surface area (TPSA) is 26.3 Å². The average Bonchev–Trinajstić information content (AvgIpc) is 2.50. The van der Waals surface area contributed by atoms with Gasteiger partial charge in [-0.2, -0.15) is 0 Å². The van der Waals surface area contributed by atoms with Crippen LogP contribution in [0.4, 0.5) is 0 Å². The standard InChI is InChI=1S/C9H14O2/c1-11-9(7-4-8-10)5-2-3-6-9/h4,7-8H,2-3,5-6H2,1H3/b7-4+. The predicted octanol–water partition coefficient (Wildman–Crippen LogP) is 1.70. The van der Waals surface area contributed by atoms with Crippen molar-refractivity contribution in [3.05, 3.63) is 12.2 Å². The molecule has 0 radical (unpaired) electrons. The third-order valence-corrected chi connectivity index (χ3v) is 2.33. The van der Waals surface area contributed by atoms with Crippen LogP contribution in [0.3, 0.4) is 0 Å². The first-order valence-electron chi connectivity index (χ1n) is 4.01. The second-order valence-corrected chi connectivity index (χ2v) is 2.97. The van der Waals surface area contributed by atoms with Gasteiger partial charge < -0.3 is 4.74 Å². The number of aldehydes is 1. The van der Waals surface area contributed by atoms with Gasteiger partial charge in [-0.1, -0.05) is 12.8 Å². The summed E-state index contributed by atoms with van der Waals surface area (Å²) in [6, 6.07) is 0. The summed E-state index contributed by atoms with van der Waals surface area (Å²) in [5, 5.41) is 0. The summed E-state index contributed by atoms with van der Waals surface area (Å²) in [5.41, 5.74) is -0.124. The van der Waals surface area contributed by atoms with Crippen LogP contribution in [0.2, 0.25) is 0 Å². The van der Waals surface area contributed by atoms with E-state index >= 15 is 0 Å². The molecule has 1 aliphatic carbocycles. The van der Waals surface area contributed by atoms with Gasteiger partial charge in [0.25, 0.3) is 0 Å². The van der Waals surface area contributed by atoms with Gasteiger partial charge in [0.15, 0.2) is 0 Å². The molecule has 0 aromatic carbocycles. The maximum Gasteiger partial charge on any atom is 0.142 e. The number of rotatable bonds is 3. The van der Waals surface area contributed by atoms with E-state index in [-0.39, 0.29) is 5.60 Å². The van der Waals surface area contributed by atoms with E-state index in [4.69, 9.17) is 4.74 Å². The molecule has 0 spiro atoms. The molecule has 62 valence electrons. The van der Waals surface area contributed by atoms with Crippen molar-refractivity contribution in [3.63, 3.8) is 0 Å². The van der Waals surface area contributed by atoms with Crippen LogP contribution >= 0.6 is 0 Å². The smallest absolute Gasteiger partial charge is 0.142 e. The van der Waals surface area contributed by atoms with Crippen LogP contribution in [0.1, 0.15) is 25.7 Å². The van der Waals surface area contributed by atoms with Gasteiger partial charge in [0.1, 0.15) is 6.29 Å². The van der Waals surface area contributed by atoms with Gasteiger partial charge in [0.05, 0.1) is 5.60 Å². The van der Waals surface area contributed by atoms with E-state index < -0.39 is 0 Å². The molecule has 0 saturated heterocycles.